The average molecular weight is 251 g/mol. The SMILES string of the molecule is COc1cccc(C=O)c1OCCCNC(C)=O. The molecule has 1 aromatic rings. The van der Waals surface area contributed by atoms with E-state index in [9.17, 15) is 9.59 Å². The number of nitrogens with one attached hydrogen (secondary N) is 1. The van der Waals surface area contributed by atoms with E-state index in [2.05, 4.69) is 5.32 Å². The molecule has 0 saturated heterocycles. The van der Waals surface area contributed by atoms with Crippen molar-refractivity contribution in [2.75, 3.05) is 20.3 Å². The van der Waals surface area contributed by atoms with Gasteiger partial charge >= 0.3 is 0 Å². The molecule has 0 unspecified atom stereocenters. The molecule has 5 heteroatoms. The van der Waals surface area contributed by atoms with Crippen LogP contribution in [0.2, 0.25) is 0 Å². The molecule has 0 aliphatic carbocycles. The standard InChI is InChI=1S/C13H17NO4/c1-10(16)14-7-4-8-18-13-11(9-15)5-3-6-12(13)17-2/h3,5-6,9H,4,7-8H2,1-2H3,(H,14,16). The smallest absolute Gasteiger partial charge is 0.216 e. The van der Waals surface area contributed by atoms with Crippen molar-refractivity contribution in [3.63, 3.8) is 0 Å². The zero-order valence-electron chi connectivity index (χ0n) is 10.6. The van der Waals surface area contributed by atoms with Crippen LogP contribution in [0.5, 0.6) is 11.5 Å². The molecule has 0 atom stereocenters. The van der Waals surface area contributed by atoms with Crippen LogP contribution in [-0.4, -0.2) is 32.5 Å². The molecule has 0 bridgehead atoms. The minimum absolute atomic E-state index is 0.0686. The first-order chi connectivity index (χ1) is 8.69. The Balaban J connectivity index is 2.55. The number of para-hydroxylation sites is 1. The number of methoxy groups -OCH3 is 1. The number of amides is 1. The van der Waals surface area contributed by atoms with Gasteiger partial charge in [-0.25, -0.2) is 0 Å². The summed E-state index contributed by atoms with van der Waals surface area (Å²) in [6.07, 6.45) is 1.39. The predicted octanol–water partition coefficient (Wildman–Crippen LogP) is 1.41. The van der Waals surface area contributed by atoms with Crippen molar-refractivity contribution in [3.05, 3.63) is 23.8 Å². The van der Waals surface area contributed by atoms with Crippen LogP contribution in [0.15, 0.2) is 18.2 Å². The monoisotopic (exact) mass is 251 g/mol. The number of benzene rings is 1. The van der Waals surface area contributed by atoms with E-state index >= 15 is 0 Å². The highest BCUT2D eigenvalue weighted by Crippen LogP contribution is 2.29. The maximum absolute atomic E-state index is 10.9. The predicted molar refractivity (Wildman–Crippen MR) is 67.2 cm³/mol. The van der Waals surface area contributed by atoms with Crippen LogP contribution in [0.3, 0.4) is 0 Å². The lowest BCUT2D eigenvalue weighted by Crippen LogP contribution is -2.22. The number of carbonyl (C=O) groups excluding carboxylic acids is 2. The highest BCUT2D eigenvalue weighted by atomic mass is 16.5. The Morgan fingerprint density at radius 2 is 2.22 bits per heavy atom. The average Bonchev–Trinajstić information content (AvgIpc) is 2.37. The maximum Gasteiger partial charge on any atom is 0.216 e. The summed E-state index contributed by atoms with van der Waals surface area (Å²) in [5.41, 5.74) is 0.453. The lowest BCUT2D eigenvalue weighted by molar-refractivity contribution is -0.118. The summed E-state index contributed by atoms with van der Waals surface area (Å²) in [5, 5.41) is 2.67. The molecule has 1 rings (SSSR count). The summed E-state index contributed by atoms with van der Waals surface area (Å²) in [7, 11) is 1.52. The van der Waals surface area contributed by atoms with Gasteiger partial charge in [0.05, 0.1) is 19.3 Å². The summed E-state index contributed by atoms with van der Waals surface area (Å²) in [4.78, 5) is 21.5. The van der Waals surface area contributed by atoms with Crippen LogP contribution >= 0.6 is 0 Å². The largest absolute Gasteiger partial charge is 0.493 e. The highest BCUT2D eigenvalue weighted by Gasteiger charge is 2.09. The van der Waals surface area contributed by atoms with Gasteiger partial charge in [0, 0.05) is 13.5 Å². The quantitative estimate of drug-likeness (QED) is 0.588. The second-order valence-electron chi connectivity index (χ2n) is 3.68. The molecule has 0 aliphatic rings. The summed E-state index contributed by atoms with van der Waals surface area (Å²) in [6, 6.07) is 5.13. The molecular formula is C13H17NO4. The van der Waals surface area contributed by atoms with Gasteiger partial charge in [-0.15, -0.1) is 0 Å². The van der Waals surface area contributed by atoms with Gasteiger partial charge in [-0.1, -0.05) is 6.07 Å². The third-order valence-corrected chi connectivity index (χ3v) is 2.30. The minimum atomic E-state index is -0.0686. The summed E-state index contributed by atoms with van der Waals surface area (Å²) >= 11 is 0. The van der Waals surface area contributed by atoms with Crippen molar-refractivity contribution in [2.45, 2.75) is 13.3 Å². The van der Waals surface area contributed by atoms with Crippen molar-refractivity contribution in [3.8, 4) is 11.5 Å². The fraction of sp³-hybridized carbons (Fsp3) is 0.385. The lowest BCUT2D eigenvalue weighted by atomic mass is 10.2. The number of hydrogen-bond donors (Lipinski definition) is 1. The molecule has 0 aromatic heterocycles. The van der Waals surface area contributed by atoms with Gasteiger partial charge < -0.3 is 14.8 Å². The first-order valence-electron chi connectivity index (χ1n) is 5.68. The van der Waals surface area contributed by atoms with Gasteiger partial charge in [-0.3, -0.25) is 9.59 Å². The summed E-state index contributed by atoms with van der Waals surface area (Å²) in [6.45, 7) is 2.41. The van der Waals surface area contributed by atoms with Crippen LogP contribution < -0.4 is 14.8 Å². The lowest BCUT2D eigenvalue weighted by Gasteiger charge is -2.12. The normalized spacial score (nSPS) is 9.67. The fourth-order valence-corrected chi connectivity index (χ4v) is 1.45. The van der Waals surface area contributed by atoms with Crippen LogP contribution in [0.4, 0.5) is 0 Å². The van der Waals surface area contributed by atoms with E-state index in [1.807, 2.05) is 0 Å². The molecule has 0 fully saturated rings. The van der Waals surface area contributed by atoms with Gasteiger partial charge in [-0.2, -0.15) is 0 Å². The molecular weight excluding hydrogens is 234 g/mol. The van der Waals surface area contributed by atoms with Crippen molar-refractivity contribution < 1.29 is 19.1 Å². The second kappa shape index (κ2) is 7.32. The third-order valence-electron chi connectivity index (χ3n) is 2.30. The van der Waals surface area contributed by atoms with E-state index in [0.717, 1.165) is 6.29 Å². The molecule has 1 N–H and O–H groups in total. The Morgan fingerprint density at radius 1 is 1.44 bits per heavy atom. The summed E-state index contributed by atoms with van der Waals surface area (Å²) < 4.78 is 10.7. The zero-order chi connectivity index (χ0) is 13.4. The number of ether oxygens (including phenoxy) is 2. The number of hydrogen-bond acceptors (Lipinski definition) is 4. The highest BCUT2D eigenvalue weighted by molar-refractivity contribution is 5.81. The van der Waals surface area contributed by atoms with Crippen molar-refractivity contribution in [2.24, 2.45) is 0 Å². The van der Waals surface area contributed by atoms with Crippen molar-refractivity contribution in [1.29, 1.82) is 0 Å². The fourth-order valence-electron chi connectivity index (χ4n) is 1.45. The first kappa shape index (κ1) is 14.0. The Labute approximate surface area is 106 Å². The van der Waals surface area contributed by atoms with E-state index < -0.39 is 0 Å². The third kappa shape index (κ3) is 4.08. The second-order valence-corrected chi connectivity index (χ2v) is 3.68. The van der Waals surface area contributed by atoms with Crippen LogP contribution in [-0.2, 0) is 4.79 Å². The molecule has 18 heavy (non-hydrogen) atoms. The van der Waals surface area contributed by atoms with Gasteiger partial charge in [0.25, 0.3) is 0 Å². The molecule has 0 saturated carbocycles. The van der Waals surface area contributed by atoms with E-state index in [0.29, 0.717) is 36.6 Å². The Hall–Kier alpha value is -2.04. The Bertz CT molecular complexity index is 417. The number of carbonyl (C=O) groups is 2. The van der Waals surface area contributed by atoms with Gasteiger partial charge in [0.1, 0.15) is 0 Å². The van der Waals surface area contributed by atoms with Crippen molar-refractivity contribution in [1.82, 2.24) is 5.32 Å². The molecule has 1 amide bonds. The van der Waals surface area contributed by atoms with E-state index in [1.165, 1.54) is 14.0 Å². The maximum atomic E-state index is 10.9. The molecule has 0 heterocycles. The van der Waals surface area contributed by atoms with Crippen molar-refractivity contribution >= 4 is 12.2 Å². The molecule has 0 radical (unpaired) electrons. The van der Waals surface area contributed by atoms with Gasteiger partial charge in [0.15, 0.2) is 17.8 Å². The molecule has 0 aliphatic heterocycles. The topological polar surface area (TPSA) is 64.6 Å². The minimum Gasteiger partial charge on any atom is -0.493 e. The van der Waals surface area contributed by atoms with Crippen LogP contribution in [0, 0.1) is 0 Å². The van der Waals surface area contributed by atoms with E-state index in [4.69, 9.17) is 9.47 Å². The van der Waals surface area contributed by atoms with Crippen LogP contribution in [0.25, 0.3) is 0 Å². The first-order valence-corrected chi connectivity index (χ1v) is 5.68. The van der Waals surface area contributed by atoms with E-state index in [1.54, 1.807) is 18.2 Å². The molecule has 0 spiro atoms. The molecule has 5 nitrogen and oxygen atoms in total. The van der Waals surface area contributed by atoms with E-state index in [-0.39, 0.29) is 5.91 Å². The number of rotatable bonds is 7. The summed E-state index contributed by atoms with van der Waals surface area (Å²) in [5.74, 6) is 0.901. The Kier molecular flexibility index (Phi) is 5.70. The molecule has 98 valence electrons. The Morgan fingerprint density at radius 3 is 2.83 bits per heavy atom. The molecule has 1 aromatic carbocycles. The van der Waals surface area contributed by atoms with Gasteiger partial charge in [-0.05, 0) is 18.6 Å². The van der Waals surface area contributed by atoms with Crippen LogP contribution in [0.1, 0.15) is 23.7 Å². The number of aldehydes is 1. The van der Waals surface area contributed by atoms with Gasteiger partial charge in [0.2, 0.25) is 5.91 Å². The zero-order valence-corrected chi connectivity index (χ0v) is 10.6.